The molecule has 0 aliphatic carbocycles. The number of nitrogens with two attached hydrogens (primary N) is 1. The van der Waals surface area contributed by atoms with Crippen LogP contribution in [-0.2, 0) is 4.79 Å². The Labute approximate surface area is 67.0 Å². The summed E-state index contributed by atoms with van der Waals surface area (Å²) in [5.41, 5.74) is 5.19. The average Bonchev–Trinajstić information content (AvgIpc) is 1.64. The van der Waals surface area contributed by atoms with Crippen molar-refractivity contribution in [1.29, 1.82) is 0 Å². The highest BCUT2D eigenvalue weighted by Crippen LogP contribution is 2.07. The van der Waals surface area contributed by atoms with E-state index in [1.165, 1.54) is 0 Å². The van der Waals surface area contributed by atoms with Crippen molar-refractivity contribution >= 4 is 18.4 Å². The fourth-order valence-corrected chi connectivity index (χ4v) is 0.658. The second-order valence-electron chi connectivity index (χ2n) is 2.42. The largest absolute Gasteiger partial charge is 0.481 e. The van der Waals surface area contributed by atoms with Gasteiger partial charge in [0.25, 0.3) is 0 Å². The van der Waals surface area contributed by atoms with E-state index >= 15 is 0 Å². The molecule has 62 valence electrons. The van der Waals surface area contributed by atoms with Crippen molar-refractivity contribution in [2.45, 2.75) is 13.8 Å². The van der Waals surface area contributed by atoms with Gasteiger partial charge in [0.15, 0.2) is 0 Å². The zero-order valence-electron chi connectivity index (χ0n) is 6.20. The molecule has 3 nitrogen and oxygen atoms in total. The molecule has 0 bridgehead atoms. The number of carboxylic acids is 1. The van der Waals surface area contributed by atoms with Gasteiger partial charge in [0.2, 0.25) is 0 Å². The number of carboxylic acid groups (broad SMARTS) is 1. The van der Waals surface area contributed by atoms with Crippen LogP contribution in [0.15, 0.2) is 0 Å². The van der Waals surface area contributed by atoms with Crippen molar-refractivity contribution in [3.8, 4) is 0 Å². The molecule has 3 N–H and O–H groups in total. The second-order valence-corrected chi connectivity index (χ2v) is 2.42. The Kier molecular flexibility index (Phi) is 6.82. The van der Waals surface area contributed by atoms with Crippen LogP contribution in [0, 0.1) is 11.8 Å². The number of hydrogen-bond acceptors (Lipinski definition) is 2. The molecule has 0 heterocycles. The highest BCUT2D eigenvalue weighted by Gasteiger charge is 2.18. The summed E-state index contributed by atoms with van der Waals surface area (Å²) in [6.07, 6.45) is 0. The molecule has 0 fully saturated rings. The van der Waals surface area contributed by atoms with E-state index in [0.29, 0.717) is 0 Å². The average molecular weight is 168 g/mol. The summed E-state index contributed by atoms with van der Waals surface area (Å²) in [5.74, 6) is -1.05. The molecule has 0 spiro atoms. The van der Waals surface area contributed by atoms with Crippen molar-refractivity contribution in [2.24, 2.45) is 17.6 Å². The molecule has 0 radical (unpaired) electrons. The monoisotopic (exact) mass is 167 g/mol. The molecule has 0 saturated carbocycles. The van der Waals surface area contributed by atoms with Crippen LogP contribution in [0.2, 0.25) is 0 Å². The van der Waals surface area contributed by atoms with Crippen LogP contribution in [-0.4, -0.2) is 17.6 Å². The number of rotatable bonds is 3. The SMILES string of the molecule is CC(C)C(CN)C(=O)O.Cl. The lowest BCUT2D eigenvalue weighted by Gasteiger charge is -2.12. The first-order chi connectivity index (χ1) is 4.09. The van der Waals surface area contributed by atoms with Crippen LogP contribution < -0.4 is 5.73 Å². The van der Waals surface area contributed by atoms with Gasteiger partial charge < -0.3 is 10.8 Å². The Morgan fingerprint density at radius 2 is 2.00 bits per heavy atom. The minimum Gasteiger partial charge on any atom is -0.481 e. The molecule has 10 heavy (non-hydrogen) atoms. The highest BCUT2D eigenvalue weighted by atomic mass is 35.5. The topological polar surface area (TPSA) is 63.3 Å². The molecular formula is C6H14ClNO2. The highest BCUT2D eigenvalue weighted by molar-refractivity contribution is 5.85. The van der Waals surface area contributed by atoms with E-state index in [-0.39, 0.29) is 30.8 Å². The van der Waals surface area contributed by atoms with Crippen LogP contribution in [0.1, 0.15) is 13.8 Å². The summed E-state index contributed by atoms with van der Waals surface area (Å²) in [5, 5.41) is 8.46. The Morgan fingerprint density at radius 1 is 1.60 bits per heavy atom. The third-order valence-corrected chi connectivity index (χ3v) is 1.38. The van der Waals surface area contributed by atoms with Gasteiger partial charge in [-0.1, -0.05) is 13.8 Å². The first-order valence-electron chi connectivity index (χ1n) is 3.02. The van der Waals surface area contributed by atoms with Crippen LogP contribution in [0.25, 0.3) is 0 Å². The fraction of sp³-hybridized carbons (Fsp3) is 0.833. The third kappa shape index (κ3) is 3.69. The van der Waals surface area contributed by atoms with Crippen LogP contribution in [0.5, 0.6) is 0 Å². The minimum absolute atomic E-state index is 0. The number of halogens is 1. The first kappa shape index (κ1) is 12.4. The zero-order chi connectivity index (χ0) is 7.44. The molecule has 0 aliphatic rings. The van der Waals surface area contributed by atoms with Crippen molar-refractivity contribution < 1.29 is 9.90 Å². The molecule has 1 atom stereocenters. The fourth-order valence-electron chi connectivity index (χ4n) is 0.658. The van der Waals surface area contributed by atoms with Gasteiger partial charge in [0, 0.05) is 6.54 Å². The van der Waals surface area contributed by atoms with Gasteiger partial charge in [-0.2, -0.15) is 0 Å². The van der Waals surface area contributed by atoms with Gasteiger partial charge in [0.05, 0.1) is 5.92 Å². The molecule has 0 aromatic rings. The van der Waals surface area contributed by atoms with Crippen molar-refractivity contribution in [2.75, 3.05) is 6.54 Å². The minimum atomic E-state index is -0.799. The van der Waals surface area contributed by atoms with Crippen molar-refractivity contribution in [1.82, 2.24) is 0 Å². The van der Waals surface area contributed by atoms with Gasteiger partial charge in [0.1, 0.15) is 0 Å². The molecule has 0 aliphatic heterocycles. The standard InChI is InChI=1S/C6H13NO2.ClH/c1-4(2)5(3-7)6(8)9;/h4-5H,3,7H2,1-2H3,(H,8,9);1H. The molecule has 1 unspecified atom stereocenters. The van der Waals surface area contributed by atoms with Gasteiger partial charge in [-0.15, -0.1) is 12.4 Å². The predicted molar refractivity (Wildman–Crippen MR) is 42.3 cm³/mol. The molecule has 0 aromatic heterocycles. The van der Waals surface area contributed by atoms with Crippen LogP contribution >= 0.6 is 12.4 Å². The summed E-state index contributed by atoms with van der Waals surface area (Å²) >= 11 is 0. The summed E-state index contributed by atoms with van der Waals surface area (Å²) in [7, 11) is 0. The van der Waals surface area contributed by atoms with Gasteiger partial charge >= 0.3 is 5.97 Å². The maximum Gasteiger partial charge on any atom is 0.308 e. The number of aliphatic carboxylic acids is 1. The molecule has 0 amide bonds. The van der Waals surface area contributed by atoms with E-state index in [0.717, 1.165) is 0 Å². The molecule has 0 saturated heterocycles. The van der Waals surface area contributed by atoms with E-state index in [2.05, 4.69) is 0 Å². The maximum absolute atomic E-state index is 10.3. The van der Waals surface area contributed by atoms with E-state index in [1.54, 1.807) is 0 Å². The van der Waals surface area contributed by atoms with Crippen LogP contribution in [0.3, 0.4) is 0 Å². The molecule has 0 aromatic carbocycles. The zero-order valence-corrected chi connectivity index (χ0v) is 7.02. The molecule has 4 heteroatoms. The normalized spacial score (nSPS) is 12.4. The maximum atomic E-state index is 10.3. The van der Waals surface area contributed by atoms with Gasteiger partial charge in [-0.05, 0) is 5.92 Å². The summed E-state index contributed by atoms with van der Waals surface area (Å²) in [6.45, 7) is 3.93. The van der Waals surface area contributed by atoms with E-state index in [1.807, 2.05) is 13.8 Å². The lowest BCUT2D eigenvalue weighted by molar-refractivity contribution is -0.142. The summed E-state index contributed by atoms with van der Waals surface area (Å²) < 4.78 is 0. The Balaban J connectivity index is 0. The van der Waals surface area contributed by atoms with Crippen LogP contribution in [0.4, 0.5) is 0 Å². The quantitative estimate of drug-likeness (QED) is 0.651. The Morgan fingerprint density at radius 3 is 2.00 bits per heavy atom. The Bertz CT molecular complexity index is 106. The van der Waals surface area contributed by atoms with Crippen molar-refractivity contribution in [3.05, 3.63) is 0 Å². The second kappa shape index (κ2) is 5.50. The lowest BCUT2D eigenvalue weighted by atomic mass is 9.97. The van der Waals surface area contributed by atoms with Gasteiger partial charge in [-0.25, -0.2) is 0 Å². The molecular weight excluding hydrogens is 154 g/mol. The van der Waals surface area contributed by atoms with Crippen molar-refractivity contribution in [3.63, 3.8) is 0 Å². The molecule has 0 rings (SSSR count). The Hall–Kier alpha value is -0.280. The lowest BCUT2D eigenvalue weighted by Crippen LogP contribution is -2.27. The van der Waals surface area contributed by atoms with E-state index < -0.39 is 5.97 Å². The summed E-state index contributed by atoms with van der Waals surface area (Å²) in [6, 6.07) is 0. The third-order valence-electron chi connectivity index (χ3n) is 1.38. The van der Waals surface area contributed by atoms with Gasteiger partial charge in [-0.3, -0.25) is 4.79 Å². The van der Waals surface area contributed by atoms with E-state index in [4.69, 9.17) is 10.8 Å². The number of carbonyl (C=O) groups is 1. The first-order valence-corrected chi connectivity index (χ1v) is 3.02. The predicted octanol–water partition coefficient (Wildman–Crippen LogP) is 0.724. The summed E-state index contributed by atoms with van der Waals surface area (Å²) in [4.78, 5) is 10.3. The van der Waals surface area contributed by atoms with E-state index in [9.17, 15) is 4.79 Å². The smallest absolute Gasteiger partial charge is 0.308 e. The number of hydrogen-bond donors (Lipinski definition) is 2.